The van der Waals surface area contributed by atoms with Crippen molar-refractivity contribution in [2.45, 2.75) is 0 Å². The minimum Gasteiger partial charge on any atom is -0.351 e. The summed E-state index contributed by atoms with van der Waals surface area (Å²) in [6.07, 6.45) is 13.9. The Balaban J connectivity index is 0.000000284. The zero-order valence-electron chi connectivity index (χ0n) is 46.7. The Morgan fingerprint density at radius 3 is 0.616 bits per heavy atom. The van der Waals surface area contributed by atoms with E-state index < -0.39 is 0 Å². The van der Waals surface area contributed by atoms with Crippen LogP contribution in [-0.4, -0.2) is 115 Å². The van der Waals surface area contributed by atoms with Crippen molar-refractivity contribution < 1.29 is 28.8 Å². The number of amides is 6. The lowest BCUT2D eigenvalue weighted by atomic mass is 10.3. The molecule has 4 aromatic carbocycles. The number of rotatable bonds is 10. The van der Waals surface area contributed by atoms with E-state index in [0.717, 1.165) is 35.6 Å². The summed E-state index contributed by atoms with van der Waals surface area (Å²) in [5, 5.41) is 13.0. The maximum absolute atomic E-state index is 11.7. The minimum absolute atomic E-state index is 0.278. The van der Waals surface area contributed by atoms with E-state index >= 15 is 0 Å². The highest BCUT2D eigenvalue weighted by molar-refractivity contribution is 7.81. The van der Waals surface area contributed by atoms with Gasteiger partial charge in [0, 0.05) is 123 Å². The van der Waals surface area contributed by atoms with Crippen LogP contribution in [0.15, 0.2) is 219 Å². The summed E-state index contributed by atoms with van der Waals surface area (Å²) in [4.78, 5) is 84.0. The van der Waals surface area contributed by atoms with Gasteiger partial charge in [-0.25, -0.2) is 0 Å². The van der Waals surface area contributed by atoms with Gasteiger partial charge in [0.25, 0.3) is 23.6 Å². The normalized spacial score (nSPS) is 9.16. The Labute approximate surface area is 518 Å². The monoisotopic (exact) mass is 1230 g/mol. The third-order valence-electron chi connectivity index (χ3n) is 9.48. The van der Waals surface area contributed by atoms with E-state index in [1.54, 1.807) is 126 Å². The Hall–Kier alpha value is -10.9. The van der Waals surface area contributed by atoms with Crippen LogP contribution in [0, 0.1) is 0 Å². The lowest BCUT2D eigenvalue weighted by Gasteiger charge is -2.11. The number of carbonyl (C=O) groups excluding carboxylic acids is 6. The SMILES string of the molecule is CN(C)C=O.CN(C)C=O.O=C(NNC(=S)Nc1ccccc1)c1ccncc1.O=C(NNC(=S)Nc1ccccc1)c1ccncc1.O=C(NNC(=S)Nc1ccccc1)c1ccncc1.O=C(NNC(=S)Nc1ccccc1)c1ccncc1. The second-order valence-electron chi connectivity index (χ2n) is 16.7. The number of nitrogens with one attached hydrogen (secondary N) is 12. The lowest BCUT2D eigenvalue weighted by molar-refractivity contribution is -0.116. The molecule has 4 heterocycles. The van der Waals surface area contributed by atoms with Crippen LogP contribution >= 0.6 is 48.9 Å². The molecule has 8 aromatic rings. The number of para-hydroxylation sites is 4. The Bertz CT molecular complexity index is 2870. The van der Waals surface area contributed by atoms with Crippen molar-refractivity contribution in [2.75, 3.05) is 49.5 Å². The number of hydrogen-bond acceptors (Lipinski definition) is 14. The number of aromatic nitrogens is 4. The Morgan fingerprint density at radius 1 is 0.302 bits per heavy atom. The average Bonchev–Trinajstić information content (AvgIpc) is 3.58. The van der Waals surface area contributed by atoms with Crippen molar-refractivity contribution in [3.8, 4) is 0 Å². The number of carbonyl (C=O) groups is 6. The molecule has 28 heteroatoms. The number of pyridine rings is 4. The summed E-state index contributed by atoms with van der Waals surface area (Å²) in [5.41, 5.74) is 25.9. The molecule has 0 aliphatic rings. The smallest absolute Gasteiger partial charge is 0.269 e. The van der Waals surface area contributed by atoms with Crippen molar-refractivity contribution in [1.29, 1.82) is 0 Å². The van der Waals surface area contributed by atoms with E-state index in [2.05, 4.69) is 84.6 Å². The molecular weight excluding hydrogens is 1170 g/mol. The van der Waals surface area contributed by atoms with Gasteiger partial charge in [0.15, 0.2) is 20.4 Å². The van der Waals surface area contributed by atoms with Crippen LogP contribution in [0.3, 0.4) is 0 Å². The summed E-state index contributed by atoms with van der Waals surface area (Å²) >= 11 is 20.2. The van der Waals surface area contributed by atoms with Crippen LogP contribution in [-0.2, 0) is 9.59 Å². The average molecular weight is 1240 g/mol. The van der Waals surface area contributed by atoms with E-state index in [-0.39, 0.29) is 23.6 Å². The molecule has 4 aromatic heterocycles. The number of benzene rings is 4. The number of hydrazine groups is 4. The summed E-state index contributed by atoms with van der Waals surface area (Å²) < 4.78 is 0. The fourth-order valence-electron chi connectivity index (χ4n) is 5.49. The highest BCUT2D eigenvalue weighted by Crippen LogP contribution is 2.07. The molecule has 0 saturated carbocycles. The van der Waals surface area contributed by atoms with Crippen molar-refractivity contribution >= 4 is 129 Å². The van der Waals surface area contributed by atoms with Gasteiger partial charge in [-0.15, -0.1) is 0 Å². The second kappa shape index (κ2) is 42.0. The van der Waals surface area contributed by atoms with Crippen LogP contribution in [0.1, 0.15) is 41.4 Å². The third-order valence-corrected chi connectivity index (χ3v) is 10.3. The zero-order valence-corrected chi connectivity index (χ0v) is 50.0. The summed E-state index contributed by atoms with van der Waals surface area (Å²) in [6.45, 7) is 0. The fourth-order valence-corrected chi connectivity index (χ4v) is 6.17. The number of anilines is 4. The molecule has 0 spiro atoms. The standard InChI is InChI=1S/4C13H12N4OS.2C3H7NO/c4*18-12(10-6-8-14-9-7-10)16-17-13(19)15-11-4-2-1-3-5-11;2*1-4(2)3-5/h4*1-9H,(H,16,18)(H2,15,17,19);2*3H,1-2H3. The van der Waals surface area contributed by atoms with Crippen LogP contribution < -0.4 is 64.7 Å². The highest BCUT2D eigenvalue weighted by Gasteiger charge is 2.08. The van der Waals surface area contributed by atoms with Gasteiger partial charge in [-0.3, -0.25) is 92.1 Å². The summed E-state index contributed by atoms with van der Waals surface area (Å²) in [5.74, 6) is -1.11. The van der Waals surface area contributed by atoms with Gasteiger partial charge in [-0.1, -0.05) is 72.8 Å². The molecule has 8 rings (SSSR count). The topological polar surface area (TPSA) is 305 Å². The fraction of sp³-hybridized carbons (Fsp3) is 0.0690. The molecule has 0 fully saturated rings. The Morgan fingerprint density at radius 2 is 0.465 bits per heavy atom. The molecule has 0 unspecified atom stereocenters. The van der Waals surface area contributed by atoms with Crippen molar-refractivity contribution in [3.05, 3.63) is 242 Å². The molecule has 0 radical (unpaired) electrons. The van der Waals surface area contributed by atoms with Gasteiger partial charge < -0.3 is 31.1 Å². The first-order chi connectivity index (χ1) is 41.6. The van der Waals surface area contributed by atoms with Crippen LogP contribution in [0.25, 0.3) is 0 Å². The molecule has 86 heavy (non-hydrogen) atoms. The molecule has 0 atom stereocenters. The molecule has 0 aliphatic heterocycles. The van der Waals surface area contributed by atoms with Gasteiger partial charge in [0.1, 0.15) is 0 Å². The molecule has 0 saturated heterocycles. The first-order valence-corrected chi connectivity index (χ1v) is 26.7. The van der Waals surface area contributed by atoms with Crippen molar-refractivity contribution in [2.24, 2.45) is 0 Å². The highest BCUT2D eigenvalue weighted by atomic mass is 32.1. The first kappa shape index (κ1) is 69.3. The van der Waals surface area contributed by atoms with E-state index in [0.29, 0.717) is 42.7 Å². The predicted molar refractivity (Wildman–Crippen MR) is 350 cm³/mol. The number of nitrogens with zero attached hydrogens (tertiary/aromatic N) is 6. The van der Waals surface area contributed by atoms with Gasteiger partial charge >= 0.3 is 0 Å². The minimum atomic E-state index is -0.278. The molecular formula is C58H62N18O6S4. The third kappa shape index (κ3) is 31.9. The van der Waals surface area contributed by atoms with Crippen molar-refractivity contribution in [1.82, 2.24) is 73.1 Å². The van der Waals surface area contributed by atoms with Gasteiger partial charge in [0.2, 0.25) is 12.8 Å². The number of hydrogen-bond donors (Lipinski definition) is 12. The number of thiocarbonyl (C=S) groups is 4. The zero-order chi connectivity index (χ0) is 62.6. The van der Waals surface area contributed by atoms with Crippen LogP contribution in [0.2, 0.25) is 0 Å². The summed E-state index contributed by atoms with van der Waals surface area (Å²) in [7, 11) is 6.75. The second-order valence-corrected chi connectivity index (χ2v) is 18.3. The van der Waals surface area contributed by atoms with Gasteiger partial charge in [-0.05, 0) is 146 Å². The molecule has 24 nitrogen and oxygen atoms in total. The Kier molecular flexibility index (Phi) is 33.8. The largest absolute Gasteiger partial charge is 0.351 e. The van der Waals surface area contributed by atoms with Crippen LogP contribution in [0.4, 0.5) is 22.7 Å². The van der Waals surface area contributed by atoms with E-state index in [1.165, 1.54) is 9.80 Å². The molecule has 6 amide bonds. The van der Waals surface area contributed by atoms with Gasteiger partial charge in [-0.2, -0.15) is 0 Å². The molecule has 12 N–H and O–H groups in total. The van der Waals surface area contributed by atoms with E-state index in [9.17, 15) is 28.8 Å². The maximum atomic E-state index is 11.7. The van der Waals surface area contributed by atoms with Crippen molar-refractivity contribution in [3.63, 3.8) is 0 Å². The predicted octanol–water partition coefficient (Wildman–Crippen LogP) is 6.26. The van der Waals surface area contributed by atoms with E-state index in [1.807, 2.05) is 121 Å². The molecule has 444 valence electrons. The maximum Gasteiger partial charge on any atom is 0.269 e. The summed E-state index contributed by atoms with van der Waals surface area (Å²) in [6, 6.07) is 50.7. The van der Waals surface area contributed by atoms with Crippen LogP contribution in [0.5, 0.6) is 0 Å². The quantitative estimate of drug-likeness (QED) is 0.0408. The first-order valence-electron chi connectivity index (χ1n) is 25.1. The molecule has 0 bridgehead atoms. The van der Waals surface area contributed by atoms with Gasteiger partial charge in [0.05, 0.1) is 0 Å². The molecule has 0 aliphatic carbocycles. The lowest BCUT2D eigenvalue weighted by Crippen LogP contribution is -2.43. The van der Waals surface area contributed by atoms with E-state index in [4.69, 9.17) is 48.9 Å².